The molecule has 18 heavy (non-hydrogen) atoms. The van der Waals surface area contributed by atoms with E-state index in [0.717, 1.165) is 6.42 Å². The van der Waals surface area contributed by atoms with E-state index in [1.807, 2.05) is 6.92 Å². The van der Waals surface area contributed by atoms with E-state index in [-0.39, 0.29) is 11.6 Å². The van der Waals surface area contributed by atoms with Crippen LogP contribution in [0.2, 0.25) is 0 Å². The molecular weight excluding hydrogens is 234 g/mol. The first-order chi connectivity index (χ1) is 8.70. The second-order valence-electron chi connectivity index (χ2n) is 3.70. The molecule has 2 heterocycles. The van der Waals surface area contributed by atoms with Crippen molar-refractivity contribution in [2.45, 2.75) is 13.3 Å². The Labute approximate surface area is 105 Å². The lowest BCUT2D eigenvalue weighted by Gasteiger charge is -2.09. The van der Waals surface area contributed by atoms with Crippen molar-refractivity contribution in [3.8, 4) is 17.5 Å². The van der Waals surface area contributed by atoms with Gasteiger partial charge in [0.25, 0.3) is 0 Å². The van der Waals surface area contributed by atoms with E-state index in [2.05, 4.69) is 15.1 Å². The lowest BCUT2D eigenvalue weighted by atomic mass is 10.5. The molecule has 0 aliphatic rings. The number of nitrogens with zero attached hydrogens (tertiary/aromatic N) is 4. The van der Waals surface area contributed by atoms with Crippen LogP contribution < -0.4 is 15.2 Å². The Balaban J connectivity index is 2.17. The van der Waals surface area contributed by atoms with E-state index in [4.69, 9.17) is 15.2 Å². The van der Waals surface area contributed by atoms with Crippen LogP contribution in [0.3, 0.4) is 0 Å². The van der Waals surface area contributed by atoms with Gasteiger partial charge in [-0.3, -0.25) is 4.68 Å². The minimum Gasteiger partial charge on any atom is -0.476 e. The van der Waals surface area contributed by atoms with Gasteiger partial charge in [-0.15, -0.1) is 0 Å². The number of nitrogen functional groups attached to an aromatic ring is 1. The zero-order valence-corrected chi connectivity index (χ0v) is 10.3. The monoisotopic (exact) mass is 249 g/mol. The molecule has 2 N–H and O–H groups in total. The number of hydrogen-bond donors (Lipinski definition) is 1. The van der Waals surface area contributed by atoms with Gasteiger partial charge in [-0.2, -0.15) is 15.1 Å². The lowest BCUT2D eigenvalue weighted by Crippen LogP contribution is -2.04. The molecule has 0 radical (unpaired) electrons. The number of hydrogen-bond acceptors (Lipinski definition) is 6. The Kier molecular flexibility index (Phi) is 3.61. The molecule has 0 fully saturated rings. The Hall–Kier alpha value is -2.31. The van der Waals surface area contributed by atoms with Gasteiger partial charge >= 0.3 is 0 Å². The second kappa shape index (κ2) is 5.35. The molecule has 0 amide bonds. The molecule has 7 nitrogen and oxygen atoms in total. The van der Waals surface area contributed by atoms with Crippen LogP contribution in [0.4, 0.5) is 5.69 Å². The zero-order valence-electron chi connectivity index (χ0n) is 10.3. The third kappa shape index (κ3) is 2.68. The van der Waals surface area contributed by atoms with Gasteiger partial charge in [0.2, 0.25) is 11.8 Å². The molecule has 0 aliphatic carbocycles. The zero-order chi connectivity index (χ0) is 13.0. The van der Waals surface area contributed by atoms with Crippen LogP contribution in [0.15, 0.2) is 18.7 Å². The van der Waals surface area contributed by atoms with Crippen LogP contribution in [0.1, 0.15) is 13.3 Å². The Morgan fingerprint density at radius 2 is 2.11 bits per heavy atom. The van der Waals surface area contributed by atoms with Crippen molar-refractivity contribution in [2.75, 3.05) is 12.3 Å². The summed E-state index contributed by atoms with van der Waals surface area (Å²) in [6.45, 7) is 2.55. The van der Waals surface area contributed by atoms with Crippen LogP contribution in [0.25, 0.3) is 0 Å². The second-order valence-corrected chi connectivity index (χ2v) is 3.70. The van der Waals surface area contributed by atoms with Gasteiger partial charge in [-0.1, -0.05) is 6.92 Å². The fourth-order valence-electron chi connectivity index (χ4n) is 1.32. The van der Waals surface area contributed by atoms with Crippen LogP contribution in [-0.2, 0) is 7.05 Å². The fraction of sp³-hybridized carbons (Fsp3) is 0.364. The minimum absolute atomic E-state index is 0.268. The van der Waals surface area contributed by atoms with E-state index in [0.29, 0.717) is 18.2 Å². The van der Waals surface area contributed by atoms with Gasteiger partial charge in [0.15, 0.2) is 11.4 Å². The number of ether oxygens (including phenoxy) is 2. The maximum atomic E-state index is 5.88. The van der Waals surface area contributed by atoms with Crippen molar-refractivity contribution in [3.63, 3.8) is 0 Å². The van der Waals surface area contributed by atoms with Gasteiger partial charge in [0, 0.05) is 7.05 Å². The number of anilines is 1. The largest absolute Gasteiger partial charge is 0.476 e. The molecule has 96 valence electrons. The van der Waals surface area contributed by atoms with Crippen LogP contribution >= 0.6 is 0 Å². The summed E-state index contributed by atoms with van der Waals surface area (Å²) in [4.78, 5) is 7.94. The number of aryl methyl sites for hydroxylation is 1. The molecule has 0 spiro atoms. The summed E-state index contributed by atoms with van der Waals surface area (Å²) in [6.07, 6.45) is 5.53. The Morgan fingerprint density at radius 1 is 1.33 bits per heavy atom. The van der Waals surface area contributed by atoms with Crippen molar-refractivity contribution in [1.82, 2.24) is 19.7 Å². The van der Waals surface area contributed by atoms with Crippen molar-refractivity contribution in [3.05, 3.63) is 18.7 Å². The van der Waals surface area contributed by atoms with Gasteiger partial charge in [0.1, 0.15) is 6.33 Å². The first-order valence-electron chi connectivity index (χ1n) is 5.60. The number of aromatic nitrogens is 4. The van der Waals surface area contributed by atoms with Crippen molar-refractivity contribution in [2.24, 2.45) is 7.05 Å². The predicted molar refractivity (Wildman–Crippen MR) is 65.5 cm³/mol. The molecule has 0 aliphatic heterocycles. The van der Waals surface area contributed by atoms with Gasteiger partial charge < -0.3 is 15.2 Å². The highest BCUT2D eigenvalue weighted by Gasteiger charge is 2.11. The highest BCUT2D eigenvalue weighted by molar-refractivity contribution is 5.56. The van der Waals surface area contributed by atoms with Crippen LogP contribution in [0, 0.1) is 0 Å². The summed E-state index contributed by atoms with van der Waals surface area (Å²) < 4.78 is 12.5. The van der Waals surface area contributed by atoms with Crippen LogP contribution in [0.5, 0.6) is 17.5 Å². The molecule has 0 aromatic carbocycles. The van der Waals surface area contributed by atoms with E-state index < -0.39 is 0 Å². The van der Waals surface area contributed by atoms with Gasteiger partial charge in [0.05, 0.1) is 19.0 Å². The third-order valence-corrected chi connectivity index (χ3v) is 2.15. The first-order valence-corrected chi connectivity index (χ1v) is 5.60. The molecule has 0 bridgehead atoms. The minimum atomic E-state index is 0.268. The molecule has 0 saturated heterocycles. The fourth-order valence-corrected chi connectivity index (χ4v) is 1.32. The molecular formula is C11H15N5O2. The topological polar surface area (TPSA) is 88.1 Å². The van der Waals surface area contributed by atoms with E-state index in [1.54, 1.807) is 24.1 Å². The summed E-state index contributed by atoms with van der Waals surface area (Å²) in [5.74, 6) is 1.17. The highest BCUT2D eigenvalue weighted by atomic mass is 16.5. The Bertz CT molecular complexity index is 526. The van der Waals surface area contributed by atoms with Gasteiger partial charge in [-0.05, 0) is 6.42 Å². The molecule has 0 saturated carbocycles. The van der Waals surface area contributed by atoms with E-state index in [1.165, 1.54) is 6.33 Å². The van der Waals surface area contributed by atoms with E-state index >= 15 is 0 Å². The van der Waals surface area contributed by atoms with Gasteiger partial charge in [-0.25, -0.2) is 0 Å². The average Bonchev–Trinajstić information content (AvgIpc) is 2.76. The SMILES string of the molecule is CCCOc1ncnc(Oc2cnn(C)c2)c1N. The third-order valence-electron chi connectivity index (χ3n) is 2.15. The predicted octanol–water partition coefficient (Wildman–Crippen LogP) is 1.37. The molecule has 2 aromatic heterocycles. The maximum absolute atomic E-state index is 5.88. The average molecular weight is 249 g/mol. The quantitative estimate of drug-likeness (QED) is 0.861. The summed E-state index contributed by atoms with van der Waals surface area (Å²) >= 11 is 0. The van der Waals surface area contributed by atoms with E-state index in [9.17, 15) is 0 Å². The first kappa shape index (κ1) is 12.2. The molecule has 2 rings (SSSR count). The maximum Gasteiger partial charge on any atom is 0.250 e. The molecule has 7 heteroatoms. The summed E-state index contributed by atoms with van der Waals surface area (Å²) in [6, 6.07) is 0. The normalized spacial score (nSPS) is 10.3. The molecule has 2 aromatic rings. The molecule has 0 unspecified atom stereocenters. The van der Waals surface area contributed by atoms with Crippen molar-refractivity contribution >= 4 is 5.69 Å². The van der Waals surface area contributed by atoms with Crippen molar-refractivity contribution in [1.29, 1.82) is 0 Å². The highest BCUT2D eigenvalue weighted by Crippen LogP contribution is 2.30. The van der Waals surface area contributed by atoms with Crippen LogP contribution in [-0.4, -0.2) is 26.4 Å². The number of rotatable bonds is 5. The van der Waals surface area contributed by atoms with Crippen molar-refractivity contribution < 1.29 is 9.47 Å². The summed E-state index contributed by atoms with van der Waals surface area (Å²) in [7, 11) is 1.80. The smallest absolute Gasteiger partial charge is 0.250 e. The lowest BCUT2D eigenvalue weighted by molar-refractivity contribution is 0.304. The Morgan fingerprint density at radius 3 is 2.78 bits per heavy atom. The summed E-state index contributed by atoms with van der Waals surface area (Å²) in [5.41, 5.74) is 6.16. The number of nitrogens with two attached hydrogens (primary N) is 1. The molecule has 0 atom stereocenters. The standard InChI is InChI=1S/C11H15N5O2/c1-3-4-17-10-9(12)11(14-7-13-10)18-8-5-15-16(2)6-8/h5-7H,3-4,12H2,1-2H3. The summed E-state index contributed by atoms with van der Waals surface area (Å²) in [5, 5.41) is 3.99.